The molecule has 2 N–H and O–H groups in total. The van der Waals surface area contributed by atoms with Gasteiger partial charge in [0.1, 0.15) is 5.75 Å². The maximum absolute atomic E-state index is 12.0. The zero-order valence-electron chi connectivity index (χ0n) is 19.2. The van der Waals surface area contributed by atoms with Gasteiger partial charge in [0.05, 0.1) is 43.1 Å². The lowest BCUT2D eigenvalue weighted by molar-refractivity contribution is -0.130. The van der Waals surface area contributed by atoms with E-state index < -0.39 is 6.10 Å². The fourth-order valence-corrected chi connectivity index (χ4v) is 4.83. The molecule has 10 nitrogen and oxygen atoms in total. The van der Waals surface area contributed by atoms with Gasteiger partial charge in [0.2, 0.25) is 11.9 Å². The Morgan fingerprint density at radius 2 is 2.15 bits per heavy atom. The standard InChI is InChI=1S/C23H29N7O3/c1-14(31)29-13-19(32)8-18(29)12-30-22-17(10-25-30)9-24-23(27-22)26-20-6-16-11-28(2)5-4-15(16)7-21(20)33-3/h6-7,9-10,18-19,32H,4-5,8,11-13H2,1-3H3,(H,24,26,27)/t18-,19-/m0/s1. The van der Waals surface area contributed by atoms with Crippen molar-refractivity contribution < 1.29 is 14.6 Å². The number of likely N-dealkylation sites (tertiary alicyclic amines) is 1. The summed E-state index contributed by atoms with van der Waals surface area (Å²) in [7, 11) is 3.78. The first-order valence-corrected chi connectivity index (χ1v) is 11.2. The van der Waals surface area contributed by atoms with Crippen LogP contribution in [0.2, 0.25) is 0 Å². The Balaban J connectivity index is 1.42. The van der Waals surface area contributed by atoms with Crippen LogP contribution in [0, 0.1) is 0 Å². The van der Waals surface area contributed by atoms with Crippen molar-refractivity contribution in [3.05, 3.63) is 35.7 Å². The number of benzene rings is 1. The van der Waals surface area contributed by atoms with Crippen molar-refractivity contribution in [2.45, 2.75) is 45.0 Å². The normalized spacial score (nSPS) is 20.8. The third-order valence-electron chi connectivity index (χ3n) is 6.53. The smallest absolute Gasteiger partial charge is 0.229 e. The fourth-order valence-electron chi connectivity index (χ4n) is 4.83. The maximum atomic E-state index is 12.0. The van der Waals surface area contributed by atoms with Crippen molar-refractivity contribution in [2.75, 3.05) is 32.6 Å². The molecule has 0 saturated carbocycles. The third kappa shape index (κ3) is 4.23. The van der Waals surface area contributed by atoms with Crippen LogP contribution in [0.5, 0.6) is 5.75 Å². The van der Waals surface area contributed by atoms with E-state index in [1.54, 1.807) is 29.1 Å². The second-order valence-corrected chi connectivity index (χ2v) is 8.95. The summed E-state index contributed by atoms with van der Waals surface area (Å²) >= 11 is 0. The number of nitrogens with zero attached hydrogens (tertiary/aromatic N) is 6. The molecule has 1 aromatic carbocycles. The number of carbonyl (C=O) groups is 1. The molecule has 10 heteroatoms. The highest BCUT2D eigenvalue weighted by Crippen LogP contribution is 2.33. The van der Waals surface area contributed by atoms with Crippen LogP contribution >= 0.6 is 0 Å². The number of hydrogen-bond donors (Lipinski definition) is 2. The van der Waals surface area contributed by atoms with E-state index in [0.717, 1.165) is 36.3 Å². The number of methoxy groups -OCH3 is 1. The molecular formula is C23H29N7O3. The first-order valence-electron chi connectivity index (χ1n) is 11.2. The molecule has 2 aliphatic heterocycles. The van der Waals surface area contributed by atoms with Crippen molar-refractivity contribution >= 4 is 28.6 Å². The van der Waals surface area contributed by atoms with Crippen LogP contribution < -0.4 is 10.1 Å². The minimum absolute atomic E-state index is 0.0462. The molecule has 5 rings (SSSR count). The second-order valence-electron chi connectivity index (χ2n) is 8.95. The van der Waals surface area contributed by atoms with Gasteiger partial charge in [0, 0.05) is 32.8 Å². The van der Waals surface area contributed by atoms with Gasteiger partial charge in [0.25, 0.3) is 0 Å². The highest BCUT2D eigenvalue weighted by molar-refractivity contribution is 5.76. The Kier molecular flexibility index (Phi) is 5.63. The number of β-amino-alcohol motifs (C(OH)–C–C–N with tert-alkyl or cyclic N) is 1. The molecule has 174 valence electrons. The Morgan fingerprint density at radius 1 is 1.30 bits per heavy atom. The van der Waals surface area contributed by atoms with Crippen LogP contribution in [0.3, 0.4) is 0 Å². The lowest BCUT2D eigenvalue weighted by Gasteiger charge is -2.26. The number of aromatic nitrogens is 4. The zero-order valence-corrected chi connectivity index (χ0v) is 19.2. The summed E-state index contributed by atoms with van der Waals surface area (Å²) < 4.78 is 7.41. The Morgan fingerprint density at radius 3 is 2.94 bits per heavy atom. The molecule has 0 bridgehead atoms. The highest BCUT2D eigenvalue weighted by Gasteiger charge is 2.33. The topological polar surface area (TPSA) is 109 Å². The van der Waals surface area contributed by atoms with Crippen molar-refractivity contribution in [3.8, 4) is 5.75 Å². The third-order valence-corrected chi connectivity index (χ3v) is 6.53. The van der Waals surface area contributed by atoms with E-state index in [2.05, 4.69) is 39.5 Å². The van der Waals surface area contributed by atoms with E-state index in [0.29, 0.717) is 31.1 Å². The summed E-state index contributed by atoms with van der Waals surface area (Å²) in [5, 5.41) is 18.6. The molecule has 4 heterocycles. The van der Waals surface area contributed by atoms with E-state index in [-0.39, 0.29) is 11.9 Å². The van der Waals surface area contributed by atoms with Gasteiger partial charge in [-0.05, 0) is 43.1 Å². The molecule has 3 aromatic rings. The monoisotopic (exact) mass is 451 g/mol. The minimum Gasteiger partial charge on any atom is -0.495 e. The van der Waals surface area contributed by atoms with Crippen LogP contribution in [0.25, 0.3) is 11.0 Å². The minimum atomic E-state index is -0.511. The number of carbonyl (C=O) groups excluding carboxylic acids is 1. The summed E-state index contributed by atoms with van der Waals surface area (Å²) in [4.78, 5) is 25.1. The predicted molar refractivity (Wildman–Crippen MR) is 123 cm³/mol. The van der Waals surface area contributed by atoms with Gasteiger partial charge < -0.3 is 25.0 Å². The summed E-state index contributed by atoms with van der Waals surface area (Å²) in [6.45, 7) is 4.27. The molecule has 2 aliphatic rings. The molecule has 0 radical (unpaired) electrons. The predicted octanol–water partition coefficient (Wildman–Crippen LogP) is 1.55. The van der Waals surface area contributed by atoms with E-state index in [1.807, 2.05) is 0 Å². The van der Waals surface area contributed by atoms with Crippen molar-refractivity contribution in [2.24, 2.45) is 0 Å². The zero-order chi connectivity index (χ0) is 23.1. The lowest BCUT2D eigenvalue weighted by atomic mass is 9.99. The number of amides is 1. The second kappa shape index (κ2) is 8.60. The van der Waals surface area contributed by atoms with Crippen LogP contribution in [-0.4, -0.2) is 80.0 Å². The van der Waals surface area contributed by atoms with E-state index in [9.17, 15) is 9.90 Å². The van der Waals surface area contributed by atoms with Crippen LogP contribution in [0.4, 0.5) is 11.6 Å². The largest absolute Gasteiger partial charge is 0.495 e. The Bertz CT molecular complexity index is 1190. The average Bonchev–Trinajstić information content (AvgIpc) is 3.36. The Hall–Kier alpha value is -3.24. The molecule has 33 heavy (non-hydrogen) atoms. The number of aliphatic hydroxyl groups is 1. The quantitative estimate of drug-likeness (QED) is 0.602. The number of nitrogens with one attached hydrogen (secondary N) is 1. The average molecular weight is 452 g/mol. The fraction of sp³-hybridized carbons (Fsp3) is 0.478. The van der Waals surface area contributed by atoms with Gasteiger partial charge in [-0.3, -0.25) is 4.79 Å². The van der Waals surface area contributed by atoms with Gasteiger partial charge in [0.15, 0.2) is 5.65 Å². The molecule has 1 fully saturated rings. The van der Waals surface area contributed by atoms with Gasteiger partial charge in [-0.15, -0.1) is 0 Å². The number of fused-ring (bicyclic) bond motifs is 2. The molecule has 0 spiro atoms. The first-order chi connectivity index (χ1) is 15.9. The van der Waals surface area contributed by atoms with Gasteiger partial charge in [-0.25, -0.2) is 9.67 Å². The van der Waals surface area contributed by atoms with Gasteiger partial charge in [-0.1, -0.05) is 0 Å². The number of ether oxygens (including phenoxy) is 1. The van der Waals surface area contributed by atoms with E-state index in [4.69, 9.17) is 9.72 Å². The van der Waals surface area contributed by atoms with Crippen LogP contribution in [0.1, 0.15) is 24.5 Å². The summed E-state index contributed by atoms with van der Waals surface area (Å²) in [5.41, 5.74) is 4.06. The van der Waals surface area contributed by atoms with Gasteiger partial charge in [-0.2, -0.15) is 10.1 Å². The molecule has 0 unspecified atom stereocenters. The number of rotatable bonds is 5. The first kappa shape index (κ1) is 21.6. The van der Waals surface area contributed by atoms with Crippen LogP contribution in [0.15, 0.2) is 24.5 Å². The molecule has 1 saturated heterocycles. The number of hydrogen-bond acceptors (Lipinski definition) is 8. The summed E-state index contributed by atoms with van der Waals surface area (Å²) in [5.74, 6) is 1.16. The van der Waals surface area contributed by atoms with Gasteiger partial charge >= 0.3 is 0 Å². The molecule has 2 atom stereocenters. The van der Waals surface area contributed by atoms with E-state index in [1.165, 1.54) is 18.1 Å². The number of likely N-dealkylation sites (N-methyl/N-ethyl adjacent to an activating group) is 1. The number of anilines is 2. The summed E-state index contributed by atoms with van der Waals surface area (Å²) in [6, 6.07) is 4.08. The van der Waals surface area contributed by atoms with Crippen molar-refractivity contribution in [3.63, 3.8) is 0 Å². The highest BCUT2D eigenvalue weighted by atomic mass is 16.5. The molecular weight excluding hydrogens is 422 g/mol. The van der Waals surface area contributed by atoms with Crippen molar-refractivity contribution in [1.29, 1.82) is 0 Å². The van der Waals surface area contributed by atoms with E-state index >= 15 is 0 Å². The molecule has 2 aromatic heterocycles. The van der Waals surface area contributed by atoms with Crippen molar-refractivity contribution in [1.82, 2.24) is 29.5 Å². The number of aliphatic hydroxyl groups excluding tert-OH is 1. The molecule has 0 aliphatic carbocycles. The lowest BCUT2D eigenvalue weighted by Crippen LogP contribution is -2.37. The maximum Gasteiger partial charge on any atom is 0.229 e. The summed E-state index contributed by atoms with van der Waals surface area (Å²) in [6.07, 6.45) is 4.47. The SMILES string of the molecule is COc1cc2c(cc1Nc1ncc3cnn(C[C@@H]4C[C@H](O)CN4C(C)=O)c3n1)CN(C)CC2. The van der Waals surface area contributed by atoms with Crippen LogP contribution in [-0.2, 0) is 24.3 Å². The molecule has 1 amide bonds. The Labute approximate surface area is 192 Å².